The summed E-state index contributed by atoms with van der Waals surface area (Å²) in [6.45, 7) is 4.13. The van der Waals surface area contributed by atoms with E-state index < -0.39 is 0 Å². The Hall–Kier alpha value is -3.22. The van der Waals surface area contributed by atoms with E-state index in [9.17, 15) is 14.0 Å². The molecule has 2 aliphatic carbocycles. The molecular weight excluding hydrogens is 459 g/mol. The van der Waals surface area contributed by atoms with Crippen LogP contribution in [0.2, 0.25) is 0 Å². The largest absolute Gasteiger partial charge is 0.462 e. The number of ether oxygens (including phenoxy) is 2. The molecule has 36 heavy (non-hydrogen) atoms. The van der Waals surface area contributed by atoms with Crippen LogP contribution in [0.5, 0.6) is 0 Å². The standard InChI is InChI=1S/C29H33FN2O4/c1-3-35-29(34)32-23-10-11-24-20(14-23)15-26-27(17(2)28(33)36-26)25(24)12-9-22-8-7-19(16-31-22)18-5-4-6-21(30)13-18/h4-9,12-13,16-17,20,23-27H,3,10-11,14-15H2,1-2H3,(H,32,34)/b12-9+/t17-,20+,23+,24-,25+,26-,27+/m1/s1. The molecule has 1 aromatic heterocycles. The SMILES string of the molecule is CCOC(=O)N[C@H]1CC[C@@H]2[C@@H](C1)C[C@H]1OC(=O)[C@H](C)[C@H]1[C@H]2/C=C/c1ccc(-c2cccc(F)c2)cn1. The summed E-state index contributed by atoms with van der Waals surface area (Å²) in [7, 11) is 0. The van der Waals surface area contributed by atoms with Crippen LogP contribution < -0.4 is 5.32 Å². The van der Waals surface area contributed by atoms with Gasteiger partial charge in [0.25, 0.3) is 0 Å². The molecule has 0 unspecified atom stereocenters. The zero-order valence-corrected chi connectivity index (χ0v) is 20.7. The van der Waals surface area contributed by atoms with Gasteiger partial charge in [0.05, 0.1) is 18.2 Å². The molecule has 2 aromatic rings. The first kappa shape index (κ1) is 24.5. The minimum absolute atomic E-state index is 0.0815. The van der Waals surface area contributed by atoms with Gasteiger partial charge in [-0.25, -0.2) is 9.18 Å². The fourth-order valence-corrected chi connectivity index (χ4v) is 6.54. The molecule has 3 aliphatic rings. The van der Waals surface area contributed by atoms with Crippen LogP contribution in [0.4, 0.5) is 9.18 Å². The van der Waals surface area contributed by atoms with Crippen molar-refractivity contribution in [2.75, 3.05) is 6.61 Å². The third-order valence-corrected chi connectivity index (χ3v) is 8.19. The minimum Gasteiger partial charge on any atom is -0.462 e. The van der Waals surface area contributed by atoms with E-state index >= 15 is 0 Å². The van der Waals surface area contributed by atoms with E-state index in [0.717, 1.165) is 42.5 Å². The number of nitrogens with one attached hydrogen (secondary N) is 1. The molecule has 1 N–H and O–H groups in total. The number of pyridine rings is 1. The first-order valence-electron chi connectivity index (χ1n) is 13.0. The zero-order chi connectivity index (χ0) is 25.2. The second-order valence-corrected chi connectivity index (χ2v) is 10.3. The Bertz CT molecular complexity index is 1130. The van der Waals surface area contributed by atoms with E-state index in [1.165, 1.54) is 12.1 Å². The Morgan fingerprint density at radius 1 is 1.22 bits per heavy atom. The second kappa shape index (κ2) is 10.4. The van der Waals surface area contributed by atoms with Gasteiger partial charge in [-0.1, -0.05) is 31.2 Å². The van der Waals surface area contributed by atoms with Gasteiger partial charge in [-0.3, -0.25) is 9.78 Å². The van der Waals surface area contributed by atoms with Gasteiger partial charge in [-0.15, -0.1) is 0 Å². The smallest absolute Gasteiger partial charge is 0.407 e. The maximum atomic E-state index is 13.6. The van der Waals surface area contributed by atoms with Crippen LogP contribution >= 0.6 is 0 Å². The molecule has 1 aliphatic heterocycles. The van der Waals surface area contributed by atoms with Gasteiger partial charge >= 0.3 is 12.1 Å². The van der Waals surface area contributed by atoms with Crippen molar-refractivity contribution in [3.8, 4) is 11.1 Å². The fourth-order valence-electron chi connectivity index (χ4n) is 6.54. The van der Waals surface area contributed by atoms with Gasteiger partial charge in [0.15, 0.2) is 0 Å². The third-order valence-electron chi connectivity index (χ3n) is 8.19. The number of allylic oxidation sites excluding steroid dienone is 1. The average molecular weight is 493 g/mol. The molecule has 2 saturated carbocycles. The molecular formula is C29H33FN2O4. The lowest BCUT2D eigenvalue weighted by molar-refractivity contribution is -0.145. The van der Waals surface area contributed by atoms with Crippen LogP contribution in [0, 0.1) is 35.4 Å². The van der Waals surface area contributed by atoms with Crippen LogP contribution in [-0.4, -0.2) is 35.8 Å². The predicted octanol–water partition coefficient (Wildman–Crippen LogP) is 5.63. The number of nitrogens with zero attached hydrogens (tertiary/aromatic N) is 1. The van der Waals surface area contributed by atoms with Crippen LogP contribution in [0.3, 0.4) is 0 Å². The topological polar surface area (TPSA) is 77.5 Å². The number of fused-ring (bicyclic) bond motifs is 2. The zero-order valence-electron chi connectivity index (χ0n) is 20.7. The average Bonchev–Trinajstić information content (AvgIpc) is 3.15. The third kappa shape index (κ3) is 5.01. The van der Waals surface area contributed by atoms with Crippen molar-refractivity contribution in [2.24, 2.45) is 29.6 Å². The highest BCUT2D eigenvalue weighted by Crippen LogP contribution is 2.52. The maximum absolute atomic E-state index is 13.6. The maximum Gasteiger partial charge on any atom is 0.407 e. The summed E-state index contributed by atoms with van der Waals surface area (Å²) in [5.74, 6) is 0.617. The van der Waals surface area contributed by atoms with E-state index in [4.69, 9.17) is 9.47 Å². The summed E-state index contributed by atoms with van der Waals surface area (Å²) in [5, 5.41) is 3.00. The number of rotatable bonds is 5. The van der Waals surface area contributed by atoms with Gasteiger partial charge in [0, 0.05) is 23.7 Å². The number of halogens is 1. The molecule has 2 heterocycles. The number of hydrogen-bond acceptors (Lipinski definition) is 5. The van der Waals surface area contributed by atoms with Crippen molar-refractivity contribution in [2.45, 2.75) is 51.7 Å². The lowest BCUT2D eigenvalue weighted by atomic mass is 9.58. The number of carbonyl (C=O) groups is 2. The van der Waals surface area contributed by atoms with Crippen molar-refractivity contribution in [3.63, 3.8) is 0 Å². The van der Waals surface area contributed by atoms with Gasteiger partial charge in [-0.05, 0) is 80.2 Å². The molecule has 1 aromatic carbocycles. The van der Waals surface area contributed by atoms with E-state index in [0.29, 0.717) is 18.4 Å². The van der Waals surface area contributed by atoms with Gasteiger partial charge < -0.3 is 14.8 Å². The van der Waals surface area contributed by atoms with E-state index in [1.54, 1.807) is 19.2 Å². The van der Waals surface area contributed by atoms with Crippen molar-refractivity contribution >= 4 is 18.1 Å². The lowest BCUT2D eigenvalue weighted by Gasteiger charge is -2.47. The summed E-state index contributed by atoms with van der Waals surface area (Å²) in [6.07, 6.45) is 9.15. The Morgan fingerprint density at radius 2 is 2.08 bits per heavy atom. The van der Waals surface area contributed by atoms with E-state index in [1.807, 2.05) is 31.2 Å². The molecule has 1 amide bonds. The van der Waals surface area contributed by atoms with Crippen molar-refractivity contribution < 1.29 is 23.5 Å². The summed E-state index contributed by atoms with van der Waals surface area (Å²) < 4.78 is 24.5. The Morgan fingerprint density at radius 3 is 2.83 bits per heavy atom. The van der Waals surface area contributed by atoms with Crippen molar-refractivity contribution in [1.82, 2.24) is 10.3 Å². The molecule has 3 fully saturated rings. The highest BCUT2D eigenvalue weighted by Gasteiger charge is 2.54. The molecule has 0 spiro atoms. The first-order chi connectivity index (χ1) is 17.4. The molecule has 7 atom stereocenters. The van der Waals surface area contributed by atoms with Gasteiger partial charge in [-0.2, -0.15) is 0 Å². The number of hydrogen-bond donors (Lipinski definition) is 1. The lowest BCUT2D eigenvalue weighted by Crippen LogP contribution is -2.48. The molecule has 0 radical (unpaired) electrons. The first-order valence-corrected chi connectivity index (χ1v) is 13.0. The number of amides is 1. The molecule has 190 valence electrons. The predicted molar refractivity (Wildman–Crippen MR) is 134 cm³/mol. The van der Waals surface area contributed by atoms with Gasteiger partial charge in [0.1, 0.15) is 11.9 Å². The summed E-state index contributed by atoms with van der Waals surface area (Å²) in [6, 6.07) is 10.5. The monoisotopic (exact) mass is 492 g/mol. The number of esters is 1. The van der Waals surface area contributed by atoms with Crippen molar-refractivity contribution in [3.05, 3.63) is 60.2 Å². The van der Waals surface area contributed by atoms with Gasteiger partial charge in [0.2, 0.25) is 0 Å². The van der Waals surface area contributed by atoms with Crippen LogP contribution in [-0.2, 0) is 14.3 Å². The summed E-state index contributed by atoms with van der Waals surface area (Å²) >= 11 is 0. The van der Waals surface area contributed by atoms with E-state index in [2.05, 4.69) is 16.4 Å². The van der Waals surface area contributed by atoms with Crippen LogP contribution in [0.1, 0.15) is 45.2 Å². The Balaban J connectivity index is 1.34. The molecule has 7 heteroatoms. The number of alkyl carbamates (subject to hydrolysis) is 1. The van der Waals surface area contributed by atoms with Crippen LogP contribution in [0.25, 0.3) is 17.2 Å². The molecule has 1 saturated heterocycles. The van der Waals surface area contributed by atoms with Crippen molar-refractivity contribution in [1.29, 1.82) is 0 Å². The highest BCUT2D eigenvalue weighted by atomic mass is 19.1. The summed E-state index contributed by atoms with van der Waals surface area (Å²) in [4.78, 5) is 29.0. The Labute approximate surface area is 211 Å². The molecule has 5 rings (SSSR count). The fraction of sp³-hybridized carbons (Fsp3) is 0.483. The number of carbonyl (C=O) groups excluding carboxylic acids is 2. The highest BCUT2D eigenvalue weighted by molar-refractivity contribution is 5.75. The second-order valence-electron chi connectivity index (χ2n) is 10.3. The quantitative estimate of drug-likeness (QED) is 0.548. The minimum atomic E-state index is -0.361. The van der Waals surface area contributed by atoms with Crippen LogP contribution in [0.15, 0.2) is 48.7 Å². The summed E-state index contributed by atoms with van der Waals surface area (Å²) in [5.41, 5.74) is 2.48. The number of aromatic nitrogens is 1. The Kier molecular flexibility index (Phi) is 7.08. The molecule has 6 nitrogen and oxygen atoms in total. The number of benzene rings is 1. The normalized spacial score (nSPS) is 31.4. The molecule has 0 bridgehead atoms. The van der Waals surface area contributed by atoms with E-state index in [-0.39, 0.29) is 47.8 Å².